The third kappa shape index (κ3) is 4.09. The van der Waals surface area contributed by atoms with Crippen LogP contribution in [0.5, 0.6) is 11.5 Å². The van der Waals surface area contributed by atoms with E-state index in [0.717, 1.165) is 51.2 Å². The molecule has 0 fully saturated rings. The number of nitrogens with zero attached hydrogens (tertiary/aromatic N) is 3. The molecule has 7 aromatic rings. The van der Waals surface area contributed by atoms with Crippen LogP contribution in [-0.4, -0.2) is 28.2 Å². The molecule has 0 radical (unpaired) electrons. The summed E-state index contributed by atoms with van der Waals surface area (Å²) >= 11 is -2.68. The van der Waals surface area contributed by atoms with Gasteiger partial charge in [-0.2, -0.15) is 0 Å². The predicted octanol–water partition coefficient (Wildman–Crippen LogP) is 8.57. The molecular formula is C41H32GeN4O. The van der Waals surface area contributed by atoms with E-state index in [1.807, 2.05) is 30.6 Å². The number of fused-ring (bicyclic) bond motifs is 4. The van der Waals surface area contributed by atoms with Crippen molar-refractivity contribution in [3.63, 3.8) is 0 Å². The second kappa shape index (κ2) is 10.6. The van der Waals surface area contributed by atoms with Crippen molar-refractivity contribution < 1.29 is 4.74 Å². The fourth-order valence-electron chi connectivity index (χ4n) is 7.80. The first kappa shape index (κ1) is 27.9. The number of benzene rings is 5. The molecule has 6 heteroatoms. The molecule has 9 rings (SSSR count). The van der Waals surface area contributed by atoms with Crippen molar-refractivity contribution in [3.8, 4) is 22.9 Å². The van der Waals surface area contributed by atoms with Crippen molar-refractivity contribution in [3.05, 3.63) is 174 Å². The summed E-state index contributed by atoms with van der Waals surface area (Å²) in [6, 6.07) is 48.0. The molecule has 0 saturated heterocycles. The number of nitrogens with one attached hydrogen (secondary N) is 1. The first-order chi connectivity index (χ1) is 23.1. The van der Waals surface area contributed by atoms with Gasteiger partial charge in [0.05, 0.1) is 0 Å². The van der Waals surface area contributed by atoms with E-state index in [9.17, 15) is 0 Å². The zero-order valence-electron chi connectivity index (χ0n) is 26.2. The average Bonchev–Trinajstić information content (AvgIpc) is 3.67. The molecule has 4 heterocycles. The summed E-state index contributed by atoms with van der Waals surface area (Å²) < 4.78 is 9.59. The molecule has 226 valence electrons. The number of rotatable bonds is 4. The summed E-state index contributed by atoms with van der Waals surface area (Å²) in [5.74, 6) is 7.50. The number of aromatic amines is 1. The summed E-state index contributed by atoms with van der Waals surface area (Å²) in [4.78, 5) is 15.2. The number of hydrogen-bond acceptors (Lipinski definition) is 4. The van der Waals surface area contributed by atoms with Gasteiger partial charge in [-0.15, -0.1) is 0 Å². The van der Waals surface area contributed by atoms with Gasteiger partial charge in [0.25, 0.3) is 0 Å². The van der Waals surface area contributed by atoms with Crippen LogP contribution in [-0.2, 0) is 5.41 Å². The fourth-order valence-corrected chi connectivity index (χ4v) is 14.5. The summed E-state index contributed by atoms with van der Waals surface area (Å²) in [5, 5.41) is 0. The van der Waals surface area contributed by atoms with Gasteiger partial charge in [0, 0.05) is 12.4 Å². The third-order valence-electron chi connectivity index (χ3n) is 9.89. The Kier molecular flexibility index (Phi) is 6.27. The first-order valence-corrected chi connectivity index (χ1v) is 22.3. The van der Waals surface area contributed by atoms with Crippen molar-refractivity contribution in [2.45, 2.75) is 16.9 Å². The number of para-hydroxylation sites is 2. The number of hydrogen-bond donors (Lipinski definition) is 1. The molecule has 0 saturated carbocycles. The molecule has 47 heavy (non-hydrogen) atoms. The Labute approximate surface area is 276 Å². The second-order valence-corrected chi connectivity index (χ2v) is 21.8. The molecule has 5 nitrogen and oxygen atoms in total. The van der Waals surface area contributed by atoms with Gasteiger partial charge in [0.1, 0.15) is 0 Å². The average molecular weight is 669 g/mol. The van der Waals surface area contributed by atoms with Crippen LogP contribution in [0.1, 0.15) is 22.4 Å². The van der Waals surface area contributed by atoms with Crippen LogP contribution in [0.3, 0.4) is 0 Å². The van der Waals surface area contributed by atoms with E-state index in [0.29, 0.717) is 0 Å². The molecule has 0 bridgehead atoms. The van der Waals surface area contributed by atoms with Crippen LogP contribution in [0.2, 0.25) is 11.5 Å². The van der Waals surface area contributed by atoms with Crippen LogP contribution in [0, 0.1) is 0 Å². The Morgan fingerprint density at radius 3 is 2.11 bits per heavy atom. The van der Waals surface area contributed by atoms with E-state index in [4.69, 9.17) is 9.72 Å². The minimum absolute atomic E-state index is 0.622. The van der Waals surface area contributed by atoms with Crippen molar-refractivity contribution in [1.82, 2.24) is 15.0 Å². The summed E-state index contributed by atoms with van der Waals surface area (Å²) in [7, 11) is 0. The summed E-state index contributed by atoms with van der Waals surface area (Å²) in [6.07, 6.45) is 5.57. The molecule has 1 N–H and O–H groups in total. The zero-order chi connectivity index (χ0) is 31.6. The van der Waals surface area contributed by atoms with Gasteiger partial charge >= 0.3 is 266 Å². The molecule has 0 amide bonds. The Balaban J connectivity index is 1.35. The quantitative estimate of drug-likeness (QED) is 0.191. The maximum absolute atomic E-state index is 6.62. The maximum atomic E-state index is 6.62. The number of pyridine rings is 1. The van der Waals surface area contributed by atoms with Gasteiger partial charge in [0.2, 0.25) is 0 Å². The van der Waals surface area contributed by atoms with E-state index in [2.05, 4.69) is 142 Å². The minimum atomic E-state index is -2.68. The summed E-state index contributed by atoms with van der Waals surface area (Å²) in [6.45, 7) is 0. The van der Waals surface area contributed by atoms with E-state index < -0.39 is 18.7 Å². The predicted molar refractivity (Wildman–Crippen MR) is 192 cm³/mol. The van der Waals surface area contributed by atoms with Crippen LogP contribution >= 0.6 is 0 Å². The molecule has 5 aromatic carbocycles. The third-order valence-corrected chi connectivity index (χ3v) is 17.4. The van der Waals surface area contributed by atoms with Crippen molar-refractivity contribution in [2.24, 2.45) is 0 Å². The van der Waals surface area contributed by atoms with E-state index in [1.54, 1.807) is 6.20 Å². The Morgan fingerprint density at radius 2 is 1.36 bits per heavy atom. The molecule has 0 spiro atoms. The number of aromatic nitrogens is 3. The second-order valence-electron chi connectivity index (χ2n) is 12.8. The number of imidazole rings is 1. The number of H-pyrrole nitrogens is 1. The standard InChI is InChI=1S/C41H32GeN4O/c1-42(2)33-16-5-3-14-31(33)41(39-20-9-10-23-43-39,32-15-4-6-17-34(32)42)29-21-22-38-36(27-29)46(35-18-7-8-19-37(35)47-38)30-13-11-12-28(26-30)40-44-24-25-45-40/h3-27H,1-2H3,(H,44,45). The van der Waals surface area contributed by atoms with Gasteiger partial charge in [-0.25, -0.2) is 0 Å². The Morgan fingerprint density at radius 1 is 0.638 bits per heavy atom. The van der Waals surface area contributed by atoms with Crippen molar-refractivity contribution in [2.75, 3.05) is 4.90 Å². The van der Waals surface area contributed by atoms with Crippen molar-refractivity contribution in [1.29, 1.82) is 0 Å². The monoisotopic (exact) mass is 670 g/mol. The Bertz CT molecular complexity index is 2230. The van der Waals surface area contributed by atoms with Crippen LogP contribution in [0.25, 0.3) is 11.4 Å². The molecule has 0 unspecified atom stereocenters. The van der Waals surface area contributed by atoms with Gasteiger partial charge in [-0.3, -0.25) is 0 Å². The first-order valence-electron chi connectivity index (χ1n) is 16.0. The van der Waals surface area contributed by atoms with E-state index >= 15 is 0 Å². The Hall–Kier alpha value is -5.40. The van der Waals surface area contributed by atoms with E-state index in [1.165, 1.54) is 19.9 Å². The van der Waals surface area contributed by atoms with Crippen LogP contribution in [0.4, 0.5) is 17.1 Å². The normalized spacial score (nSPS) is 15.1. The molecule has 2 aromatic heterocycles. The van der Waals surface area contributed by atoms with Gasteiger partial charge in [-0.05, 0) is 0 Å². The van der Waals surface area contributed by atoms with Gasteiger partial charge < -0.3 is 0 Å². The summed E-state index contributed by atoms with van der Waals surface area (Å²) in [5.41, 5.74) is 8.21. The number of anilines is 3. The SMILES string of the molecule is [CH3][Ge]1([CH3])[c]2ccccc2C(c2ccc3c(c2)N(c2cccc(-c4ncc[nH]4)c2)c2ccccc2O3)(c2ccccn2)c2cccc[c]21. The van der Waals surface area contributed by atoms with Crippen LogP contribution in [0.15, 0.2) is 152 Å². The molecule has 0 aliphatic carbocycles. The van der Waals surface area contributed by atoms with Crippen LogP contribution < -0.4 is 18.4 Å². The van der Waals surface area contributed by atoms with Crippen molar-refractivity contribution >= 4 is 39.1 Å². The molecule has 0 atom stereocenters. The molecule has 2 aliphatic rings. The number of ether oxygens (including phenoxy) is 1. The van der Waals surface area contributed by atoms with Gasteiger partial charge in [-0.1, -0.05) is 0 Å². The zero-order valence-corrected chi connectivity index (χ0v) is 28.3. The fraction of sp³-hybridized carbons (Fsp3) is 0.0732. The molecular weight excluding hydrogens is 637 g/mol. The van der Waals surface area contributed by atoms with E-state index in [-0.39, 0.29) is 0 Å². The van der Waals surface area contributed by atoms with Gasteiger partial charge in [0.15, 0.2) is 0 Å². The molecule has 2 aliphatic heterocycles. The topological polar surface area (TPSA) is 54.0 Å².